The van der Waals surface area contributed by atoms with Crippen molar-refractivity contribution < 1.29 is 9.90 Å². The fraction of sp³-hybridized carbons (Fsp3) is 0.562. The minimum absolute atomic E-state index is 0.560. The van der Waals surface area contributed by atoms with E-state index < -0.39 is 11.4 Å². The van der Waals surface area contributed by atoms with Gasteiger partial charge in [0.1, 0.15) is 0 Å². The van der Waals surface area contributed by atoms with Gasteiger partial charge < -0.3 is 5.11 Å². The van der Waals surface area contributed by atoms with Crippen molar-refractivity contribution in [2.45, 2.75) is 52.9 Å². The molecule has 0 fully saturated rings. The molecule has 0 saturated carbocycles. The first-order valence-corrected chi connectivity index (χ1v) is 6.65. The van der Waals surface area contributed by atoms with Crippen LogP contribution in [0.4, 0.5) is 0 Å². The van der Waals surface area contributed by atoms with E-state index in [0.717, 1.165) is 12.8 Å². The third-order valence-electron chi connectivity index (χ3n) is 3.49. The van der Waals surface area contributed by atoms with Crippen LogP contribution in [0.25, 0.3) is 0 Å². The first kappa shape index (κ1) is 14.7. The molecular formula is C16H24O2. The summed E-state index contributed by atoms with van der Waals surface area (Å²) < 4.78 is 0. The molecule has 1 N–H and O–H groups in total. The summed E-state index contributed by atoms with van der Waals surface area (Å²) in [5.41, 5.74) is 2.03. The van der Waals surface area contributed by atoms with E-state index in [1.807, 2.05) is 0 Å². The van der Waals surface area contributed by atoms with E-state index in [2.05, 4.69) is 38.1 Å². The quantitative estimate of drug-likeness (QED) is 0.817. The molecule has 18 heavy (non-hydrogen) atoms. The average Bonchev–Trinajstić information content (AvgIpc) is 2.29. The fourth-order valence-electron chi connectivity index (χ4n) is 1.91. The summed E-state index contributed by atoms with van der Waals surface area (Å²) in [6, 6.07) is 8.65. The van der Waals surface area contributed by atoms with Gasteiger partial charge >= 0.3 is 5.97 Å². The van der Waals surface area contributed by atoms with E-state index in [9.17, 15) is 4.79 Å². The standard InChI is InChI=1S/C16H24O2/c1-12(2)14-9-7-13(8-10-14)6-5-11-16(3,4)15(17)18/h7-10,12H,5-6,11H2,1-4H3,(H,17,18). The van der Waals surface area contributed by atoms with Crippen LogP contribution in [0.1, 0.15) is 57.6 Å². The first-order valence-electron chi connectivity index (χ1n) is 6.65. The Hall–Kier alpha value is -1.31. The summed E-state index contributed by atoms with van der Waals surface area (Å²) >= 11 is 0. The monoisotopic (exact) mass is 248 g/mol. The van der Waals surface area contributed by atoms with Crippen molar-refractivity contribution in [1.82, 2.24) is 0 Å². The second-order valence-electron chi connectivity index (χ2n) is 5.94. The molecule has 0 amide bonds. The lowest BCUT2D eigenvalue weighted by molar-refractivity contribution is -0.147. The van der Waals surface area contributed by atoms with Crippen LogP contribution in [-0.4, -0.2) is 11.1 Å². The number of hydrogen-bond acceptors (Lipinski definition) is 1. The number of aryl methyl sites for hydroxylation is 1. The molecule has 2 nitrogen and oxygen atoms in total. The first-order chi connectivity index (χ1) is 8.33. The molecule has 0 bridgehead atoms. The number of aliphatic carboxylic acids is 1. The minimum atomic E-state index is -0.711. The summed E-state index contributed by atoms with van der Waals surface area (Å²) in [6.07, 6.45) is 2.59. The summed E-state index contributed by atoms with van der Waals surface area (Å²) in [5, 5.41) is 9.04. The van der Waals surface area contributed by atoms with Crippen molar-refractivity contribution in [2.75, 3.05) is 0 Å². The van der Waals surface area contributed by atoms with Crippen LogP contribution in [0.3, 0.4) is 0 Å². The molecule has 1 aromatic carbocycles. The number of carboxylic acids is 1. The van der Waals surface area contributed by atoms with Gasteiger partial charge in [0.25, 0.3) is 0 Å². The van der Waals surface area contributed by atoms with E-state index in [-0.39, 0.29) is 0 Å². The van der Waals surface area contributed by atoms with Gasteiger partial charge in [-0.1, -0.05) is 38.1 Å². The summed E-state index contributed by atoms with van der Waals surface area (Å²) in [7, 11) is 0. The number of hydrogen-bond donors (Lipinski definition) is 1. The fourth-order valence-corrected chi connectivity index (χ4v) is 1.91. The molecule has 0 aromatic heterocycles. The Morgan fingerprint density at radius 3 is 2.22 bits per heavy atom. The van der Waals surface area contributed by atoms with Gasteiger partial charge in [0, 0.05) is 0 Å². The Morgan fingerprint density at radius 2 is 1.78 bits per heavy atom. The highest BCUT2D eigenvalue weighted by Gasteiger charge is 2.25. The highest BCUT2D eigenvalue weighted by molar-refractivity contribution is 5.73. The van der Waals surface area contributed by atoms with Crippen LogP contribution in [0.5, 0.6) is 0 Å². The van der Waals surface area contributed by atoms with E-state index in [0.29, 0.717) is 12.3 Å². The van der Waals surface area contributed by atoms with Crippen LogP contribution in [0.2, 0.25) is 0 Å². The average molecular weight is 248 g/mol. The smallest absolute Gasteiger partial charge is 0.309 e. The Bertz CT molecular complexity index is 388. The summed E-state index contributed by atoms with van der Waals surface area (Å²) in [5.74, 6) is -0.150. The summed E-state index contributed by atoms with van der Waals surface area (Å²) in [6.45, 7) is 7.95. The third kappa shape index (κ3) is 4.17. The lowest BCUT2D eigenvalue weighted by atomic mass is 9.86. The van der Waals surface area contributed by atoms with E-state index in [1.54, 1.807) is 13.8 Å². The van der Waals surface area contributed by atoms with Crippen LogP contribution in [0, 0.1) is 5.41 Å². The minimum Gasteiger partial charge on any atom is -0.481 e. The van der Waals surface area contributed by atoms with E-state index in [4.69, 9.17) is 5.11 Å². The lowest BCUT2D eigenvalue weighted by Gasteiger charge is -2.18. The molecule has 1 rings (SSSR count). The van der Waals surface area contributed by atoms with Crippen molar-refractivity contribution >= 4 is 5.97 Å². The normalized spacial score (nSPS) is 11.8. The number of carbonyl (C=O) groups is 1. The number of benzene rings is 1. The van der Waals surface area contributed by atoms with Gasteiger partial charge in [-0.05, 0) is 50.2 Å². The van der Waals surface area contributed by atoms with E-state index >= 15 is 0 Å². The molecule has 0 spiro atoms. The number of rotatable bonds is 6. The van der Waals surface area contributed by atoms with Crippen LogP contribution in [0.15, 0.2) is 24.3 Å². The maximum absolute atomic E-state index is 11.0. The molecule has 0 radical (unpaired) electrons. The maximum Gasteiger partial charge on any atom is 0.309 e. The van der Waals surface area contributed by atoms with Crippen molar-refractivity contribution in [2.24, 2.45) is 5.41 Å². The molecule has 0 unspecified atom stereocenters. The van der Waals surface area contributed by atoms with Gasteiger partial charge in [0.15, 0.2) is 0 Å². The van der Waals surface area contributed by atoms with Crippen LogP contribution < -0.4 is 0 Å². The zero-order valence-corrected chi connectivity index (χ0v) is 11.9. The molecular weight excluding hydrogens is 224 g/mol. The largest absolute Gasteiger partial charge is 0.481 e. The van der Waals surface area contributed by atoms with Crippen LogP contribution in [-0.2, 0) is 11.2 Å². The SMILES string of the molecule is CC(C)c1ccc(CCCC(C)(C)C(=O)O)cc1. The number of carboxylic acid groups (broad SMARTS) is 1. The predicted molar refractivity (Wildman–Crippen MR) is 74.9 cm³/mol. The third-order valence-corrected chi connectivity index (χ3v) is 3.49. The molecule has 1 aromatic rings. The Labute approximate surface area is 110 Å². The molecule has 0 aliphatic rings. The highest BCUT2D eigenvalue weighted by atomic mass is 16.4. The second-order valence-corrected chi connectivity index (χ2v) is 5.94. The Kier molecular flexibility index (Phi) is 4.94. The van der Waals surface area contributed by atoms with Gasteiger partial charge in [0.2, 0.25) is 0 Å². The molecule has 100 valence electrons. The molecule has 0 aliphatic heterocycles. The van der Waals surface area contributed by atoms with Gasteiger partial charge in [-0.15, -0.1) is 0 Å². The second kappa shape index (κ2) is 6.03. The maximum atomic E-state index is 11.0. The van der Waals surface area contributed by atoms with Gasteiger partial charge in [0.05, 0.1) is 5.41 Å². The Balaban J connectivity index is 2.47. The van der Waals surface area contributed by atoms with E-state index in [1.165, 1.54) is 11.1 Å². The van der Waals surface area contributed by atoms with Crippen molar-refractivity contribution in [3.8, 4) is 0 Å². The van der Waals surface area contributed by atoms with Gasteiger partial charge in [-0.2, -0.15) is 0 Å². The molecule has 0 heterocycles. The molecule has 2 heteroatoms. The van der Waals surface area contributed by atoms with Crippen molar-refractivity contribution in [1.29, 1.82) is 0 Å². The predicted octanol–water partition coefficient (Wildman–Crippen LogP) is 4.24. The van der Waals surface area contributed by atoms with Crippen molar-refractivity contribution in [3.63, 3.8) is 0 Å². The molecule has 0 aliphatic carbocycles. The topological polar surface area (TPSA) is 37.3 Å². The Morgan fingerprint density at radius 1 is 1.22 bits per heavy atom. The zero-order valence-electron chi connectivity index (χ0n) is 11.9. The zero-order chi connectivity index (χ0) is 13.8. The molecule has 0 saturated heterocycles. The van der Waals surface area contributed by atoms with Crippen molar-refractivity contribution in [3.05, 3.63) is 35.4 Å². The summed E-state index contributed by atoms with van der Waals surface area (Å²) in [4.78, 5) is 11.0. The van der Waals surface area contributed by atoms with Gasteiger partial charge in [-0.25, -0.2) is 0 Å². The molecule has 0 atom stereocenters. The van der Waals surface area contributed by atoms with Crippen LogP contribution >= 0.6 is 0 Å². The lowest BCUT2D eigenvalue weighted by Crippen LogP contribution is -2.23. The van der Waals surface area contributed by atoms with Gasteiger partial charge in [-0.3, -0.25) is 4.79 Å². The highest BCUT2D eigenvalue weighted by Crippen LogP contribution is 2.24.